The molecule has 5 heteroatoms. The first-order chi connectivity index (χ1) is 12.8. The number of piperidine rings is 1. The molecule has 0 unspecified atom stereocenters. The van der Waals surface area contributed by atoms with E-state index in [4.69, 9.17) is 0 Å². The lowest BCUT2D eigenvalue weighted by Gasteiger charge is -2.36. The average Bonchev–Trinajstić information content (AvgIpc) is 3.21. The van der Waals surface area contributed by atoms with Gasteiger partial charge in [-0.1, -0.05) is 18.2 Å². The number of hydrogen-bond acceptors (Lipinski definition) is 3. The van der Waals surface area contributed by atoms with Crippen molar-refractivity contribution in [2.75, 3.05) is 6.54 Å². The summed E-state index contributed by atoms with van der Waals surface area (Å²) in [4.78, 5) is 19.5. The first-order valence-corrected chi connectivity index (χ1v) is 9.08. The van der Waals surface area contributed by atoms with Crippen molar-refractivity contribution in [2.45, 2.75) is 31.8 Å². The van der Waals surface area contributed by atoms with Gasteiger partial charge >= 0.3 is 0 Å². The van der Waals surface area contributed by atoms with Crippen LogP contribution in [0.3, 0.4) is 0 Å². The van der Waals surface area contributed by atoms with Gasteiger partial charge in [0.05, 0.1) is 12.6 Å². The van der Waals surface area contributed by atoms with Gasteiger partial charge in [-0.3, -0.25) is 14.5 Å². The maximum atomic E-state index is 13.2. The van der Waals surface area contributed by atoms with Crippen molar-refractivity contribution in [3.63, 3.8) is 0 Å². The van der Waals surface area contributed by atoms with E-state index in [1.165, 1.54) is 0 Å². The average molecular weight is 346 g/mol. The topological polar surface area (TPSA) is 51.0 Å². The number of likely N-dealkylation sites (tertiary alicyclic amines) is 1. The van der Waals surface area contributed by atoms with Crippen molar-refractivity contribution in [3.8, 4) is 0 Å². The molecule has 1 aliphatic rings. The van der Waals surface area contributed by atoms with Crippen molar-refractivity contribution >= 4 is 5.91 Å². The molecule has 5 nitrogen and oxygen atoms in total. The van der Waals surface area contributed by atoms with Crippen LogP contribution in [0, 0.1) is 0 Å². The Morgan fingerprint density at radius 3 is 2.88 bits per heavy atom. The second-order valence-electron chi connectivity index (χ2n) is 6.70. The van der Waals surface area contributed by atoms with Crippen LogP contribution in [-0.4, -0.2) is 32.1 Å². The Bertz CT molecular complexity index is 861. The first kappa shape index (κ1) is 16.5. The van der Waals surface area contributed by atoms with Crippen molar-refractivity contribution < 1.29 is 4.79 Å². The SMILES string of the molecule is O=C(c1cccc(Cn2cccn2)c1)N1CCCC[C@@H]1c1cccnc1. The van der Waals surface area contributed by atoms with Gasteiger partial charge in [0.1, 0.15) is 0 Å². The summed E-state index contributed by atoms with van der Waals surface area (Å²) >= 11 is 0. The molecule has 1 aromatic carbocycles. The second-order valence-corrected chi connectivity index (χ2v) is 6.70. The molecule has 1 saturated heterocycles. The predicted molar refractivity (Wildman–Crippen MR) is 99.6 cm³/mol. The molecule has 0 spiro atoms. The van der Waals surface area contributed by atoms with E-state index in [0.29, 0.717) is 6.54 Å². The maximum absolute atomic E-state index is 13.2. The van der Waals surface area contributed by atoms with Crippen molar-refractivity contribution in [1.29, 1.82) is 0 Å². The van der Waals surface area contributed by atoms with Crippen molar-refractivity contribution in [2.24, 2.45) is 0 Å². The largest absolute Gasteiger partial charge is 0.332 e. The molecule has 1 fully saturated rings. The molecule has 1 atom stereocenters. The number of amides is 1. The highest BCUT2D eigenvalue weighted by Crippen LogP contribution is 2.31. The summed E-state index contributed by atoms with van der Waals surface area (Å²) in [6.45, 7) is 1.46. The van der Waals surface area contributed by atoms with Gasteiger partial charge in [-0.2, -0.15) is 5.10 Å². The summed E-state index contributed by atoms with van der Waals surface area (Å²) in [5, 5.41) is 4.24. The van der Waals surface area contributed by atoms with Gasteiger partial charge in [0.2, 0.25) is 0 Å². The third kappa shape index (κ3) is 3.52. The fourth-order valence-corrected chi connectivity index (χ4v) is 3.64. The number of aromatic nitrogens is 3. The third-order valence-corrected chi connectivity index (χ3v) is 4.91. The summed E-state index contributed by atoms with van der Waals surface area (Å²) in [6, 6.07) is 13.9. The zero-order valence-electron chi connectivity index (χ0n) is 14.7. The third-order valence-electron chi connectivity index (χ3n) is 4.91. The van der Waals surface area contributed by atoms with Crippen LogP contribution in [0.25, 0.3) is 0 Å². The number of rotatable bonds is 4. The van der Waals surface area contributed by atoms with Crippen molar-refractivity contribution in [3.05, 3.63) is 83.9 Å². The fourth-order valence-electron chi connectivity index (χ4n) is 3.64. The minimum Gasteiger partial charge on any atom is -0.332 e. The summed E-state index contributed by atoms with van der Waals surface area (Å²) in [7, 11) is 0. The highest BCUT2D eigenvalue weighted by Gasteiger charge is 2.28. The molecule has 1 aliphatic heterocycles. The Morgan fingerprint density at radius 2 is 2.08 bits per heavy atom. The molecule has 4 rings (SSSR count). The normalized spacial score (nSPS) is 17.2. The van der Waals surface area contributed by atoms with Gasteiger partial charge < -0.3 is 4.90 Å². The van der Waals surface area contributed by atoms with Crippen LogP contribution in [0.1, 0.15) is 46.8 Å². The van der Waals surface area contributed by atoms with E-state index in [0.717, 1.165) is 42.5 Å². The predicted octanol–water partition coefficient (Wildman–Crippen LogP) is 3.69. The highest BCUT2D eigenvalue weighted by molar-refractivity contribution is 5.94. The minimum atomic E-state index is 0.0980. The van der Waals surface area contributed by atoms with Crippen molar-refractivity contribution in [1.82, 2.24) is 19.7 Å². The lowest BCUT2D eigenvalue weighted by atomic mass is 9.95. The van der Waals surface area contributed by atoms with Gasteiger partial charge in [-0.05, 0) is 54.7 Å². The van der Waals surface area contributed by atoms with E-state index in [9.17, 15) is 4.79 Å². The lowest BCUT2D eigenvalue weighted by molar-refractivity contribution is 0.0611. The summed E-state index contributed by atoms with van der Waals surface area (Å²) < 4.78 is 1.86. The first-order valence-electron chi connectivity index (χ1n) is 9.08. The van der Waals surface area contributed by atoms with Crippen LogP contribution >= 0.6 is 0 Å². The zero-order valence-corrected chi connectivity index (χ0v) is 14.7. The smallest absolute Gasteiger partial charge is 0.254 e. The number of hydrogen-bond donors (Lipinski definition) is 0. The van der Waals surface area contributed by atoms with Crippen LogP contribution in [-0.2, 0) is 6.54 Å². The Hall–Kier alpha value is -2.95. The van der Waals surface area contributed by atoms with E-state index < -0.39 is 0 Å². The summed E-state index contributed by atoms with van der Waals surface area (Å²) in [5.41, 5.74) is 2.94. The monoisotopic (exact) mass is 346 g/mol. The Labute approximate surface area is 153 Å². The van der Waals surface area contributed by atoms with Crippen LogP contribution in [0.4, 0.5) is 0 Å². The quantitative estimate of drug-likeness (QED) is 0.724. The number of carbonyl (C=O) groups excluding carboxylic acids is 1. The lowest BCUT2D eigenvalue weighted by Crippen LogP contribution is -2.38. The van der Waals surface area contributed by atoms with Gasteiger partial charge in [0, 0.05) is 36.9 Å². The van der Waals surface area contributed by atoms with E-state index >= 15 is 0 Å². The molecule has 3 aromatic rings. The molecule has 0 radical (unpaired) electrons. The number of carbonyl (C=O) groups is 1. The molecular formula is C21H22N4O. The highest BCUT2D eigenvalue weighted by atomic mass is 16.2. The Balaban J connectivity index is 1.57. The molecule has 1 amide bonds. The number of benzene rings is 1. The van der Waals surface area contributed by atoms with Crippen LogP contribution in [0.15, 0.2) is 67.3 Å². The summed E-state index contributed by atoms with van der Waals surface area (Å²) in [5.74, 6) is 0.0980. The molecular weight excluding hydrogens is 324 g/mol. The molecule has 0 saturated carbocycles. The Kier molecular flexibility index (Phi) is 4.78. The fraction of sp³-hybridized carbons (Fsp3) is 0.286. The molecule has 0 aliphatic carbocycles. The maximum Gasteiger partial charge on any atom is 0.254 e. The standard InChI is InChI=1S/C21H22N4O/c26-21(18-7-3-6-17(14-18)16-24-12-5-11-23-24)25-13-2-1-9-20(25)19-8-4-10-22-15-19/h3-8,10-12,14-15,20H,1-2,9,13,16H2/t20-/m1/s1. The van der Waals surface area contributed by atoms with E-state index in [1.807, 2.05) is 58.4 Å². The molecule has 26 heavy (non-hydrogen) atoms. The van der Waals surface area contributed by atoms with Gasteiger partial charge in [0.25, 0.3) is 5.91 Å². The van der Waals surface area contributed by atoms with Gasteiger partial charge in [0.15, 0.2) is 0 Å². The van der Waals surface area contributed by atoms with Crippen LogP contribution in [0.2, 0.25) is 0 Å². The van der Waals surface area contributed by atoms with Crippen LogP contribution < -0.4 is 0 Å². The Morgan fingerprint density at radius 1 is 1.12 bits per heavy atom. The number of pyridine rings is 1. The van der Waals surface area contributed by atoms with Gasteiger partial charge in [-0.15, -0.1) is 0 Å². The van der Waals surface area contributed by atoms with Crippen LogP contribution in [0.5, 0.6) is 0 Å². The molecule has 2 aromatic heterocycles. The molecule has 0 bridgehead atoms. The number of nitrogens with zero attached hydrogens (tertiary/aromatic N) is 4. The molecule has 3 heterocycles. The summed E-state index contributed by atoms with van der Waals surface area (Å²) in [6.07, 6.45) is 10.5. The van der Waals surface area contributed by atoms with E-state index in [1.54, 1.807) is 12.4 Å². The zero-order chi connectivity index (χ0) is 17.8. The molecule has 0 N–H and O–H groups in total. The molecule has 132 valence electrons. The van der Waals surface area contributed by atoms with Gasteiger partial charge in [-0.25, -0.2) is 0 Å². The van der Waals surface area contributed by atoms with E-state index in [2.05, 4.69) is 16.1 Å². The minimum absolute atomic E-state index is 0.0980. The van der Waals surface area contributed by atoms with E-state index in [-0.39, 0.29) is 11.9 Å². The second kappa shape index (κ2) is 7.52.